The number of benzene rings is 1. The van der Waals surface area contributed by atoms with Crippen molar-refractivity contribution in [2.75, 3.05) is 0 Å². The van der Waals surface area contributed by atoms with Crippen molar-refractivity contribution in [2.45, 2.75) is 19.4 Å². The standard InChI is InChI=1S/C14H13BrN2S2/c1-2-11(13-4-3-7-19-13)17-12-8-9(15)5-6-10(12)16-14(17)18/h3-8,11H,2H2,1H3,(H,16,18). The van der Waals surface area contributed by atoms with Gasteiger partial charge in [0, 0.05) is 9.35 Å². The third kappa shape index (κ3) is 2.30. The maximum atomic E-state index is 5.51. The maximum Gasteiger partial charge on any atom is 0.178 e. The minimum atomic E-state index is 0.301. The van der Waals surface area contributed by atoms with Gasteiger partial charge in [0.2, 0.25) is 0 Å². The predicted molar refractivity (Wildman–Crippen MR) is 87.6 cm³/mol. The van der Waals surface area contributed by atoms with Gasteiger partial charge < -0.3 is 9.55 Å². The van der Waals surface area contributed by atoms with Gasteiger partial charge in [0.25, 0.3) is 0 Å². The number of nitrogens with one attached hydrogen (secondary N) is 1. The Kier molecular flexibility index (Phi) is 3.60. The number of rotatable bonds is 3. The Labute approximate surface area is 129 Å². The smallest absolute Gasteiger partial charge is 0.178 e. The van der Waals surface area contributed by atoms with Gasteiger partial charge in [-0.15, -0.1) is 11.3 Å². The van der Waals surface area contributed by atoms with E-state index in [4.69, 9.17) is 12.2 Å². The van der Waals surface area contributed by atoms with Crippen molar-refractivity contribution in [1.82, 2.24) is 9.55 Å². The van der Waals surface area contributed by atoms with E-state index in [0.717, 1.165) is 26.7 Å². The van der Waals surface area contributed by atoms with Crippen LogP contribution < -0.4 is 0 Å². The van der Waals surface area contributed by atoms with E-state index in [0.29, 0.717) is 6.04 Å². The van der Waals surface area contributed by atoms with Crippen molar-refractivity contribution in [3.63, 3.8) is 0 Å². The van der Waals surface area contributed by atoms with Crippen molar-refractivity contribution in [3.8, 4) is 0 Å². The van der Waals surface area contributed by atoms with E-state index in [1.54, 1.807) is 11.3 Å². The van der Waals surface area contributed by atoms with Crippen LogP contribution in [0, 0.1) is 4.77 Å². The lowest BCUT2D eigenvalue weighted by Crippen LogP contribution is -2.08. The number of hydrogen-bond acceptors (Lipinski definition) is 2. The van der Waals surface area contributed by atoms with Gasteiger partial charge in [0.1, 0.15) is 0 Å². The van der Waals surface area contributed by atoms with Crippen molar-refractivity contribution in [2.24, 2.45) is 0 Å². The number of aromatic amines is 1. The molecule has 3 rings (SSSR count). The highest BCUT2D eigenvalue weighted by Crippen LogP contribution is 2.31. The molecule has 98 valence electrons. The molecular weight excluding hydrogens is 340 g/mol. The molecule has 0 radical (unpaired) electrons. The van der Waals surface area contributed by atoms with Crippen molar-refractivity contribution in [1.29, 1.82) is 0 Å². The summed E-state index contributed by atoms with van der Waals surface area (Å²) < 4.78 is 4.08. The summed E-state index contributed by atoms with van der Waals surface area (Å²) in [5, 5.41) is 2.12. The van der Waals surface area contributed by atoms with E-state index < -0.39 is 0 Å². The summed E-state index contributed by atoms with van der Waals surface area (Å²) >= 11 is 10.8. The number of imidazole rings is 1. The van der Waals surface area contributed by atoms with Crippen LogP contribution in [0.3, 0.4) is 0 Å². The van der Waals surface area contributed by atoms with Crippen LogP contribution in [-0.4, -0.2) is 9.55 Å². The summed E-state index contributed by atoms with van der Waals surface area (Å²) in [6.07, 6.45) is 1.02. The summed E-state index contributed by atoms with van der Waals surface area (Å²) in [7, 11) is 0. The minimum Gasteiger partial charge on any atom is -0.331 e. The van der Waals surface area contributed by atoms with Gasteiger partial charge in [0.05, 0.1) is 17.1 Å². The van der Waals surface area contributed by atoms with Gasteiger partial charge in [-0.2, -0.15) is 0 Å². The predicted octanol–water partition coefficient (Wildman–Crippen LogP) is 5.52. The summed E-state index contributed by atoms with van der Waals surface area (Å²) in [6.45, 7) is 2.20. The molecule has 2 heterocycles. The zero-order valence-electron chi connectivity index (χ0n) is 10.4. The second-order valence-electron chi connectivity index (χ2n) is 4.40. The second-order valence-corrected chi connectivity index (χ2v) is 6.68. The lowest BCUT2D eigenvalue weighted by molar-refractivity contribution is 0.584. The Hall–Kier alpha value is -0.910. The molecule has 0 aliphatic rings. The van der Waals surface area contributed by atoms with Crippen LogP contribution in [0.25, 0.3) is 11.0 Å². The molecule has 0 fully saturated rings. The fraction of sp³-hybridized carbons (Fsp3) is 0.214. The number of thiophene rings is 1. The Morgan fingerprint density at radius 1 is 1.42 bits per heavy atom. The number of halogens is 1. The first-order valence-corrected chi connectivity index (χ1v) is 8.22. The Morgan fingerprint density at radius 3 is 2.95 bits per heavy atom. The van der Waals surface area contributed by atoms with Gasteiger partial charge in [-0.25, -0.2) is 0 Å². The first-order valence-electron chi connectivity index (χ1n) is 6.14. The molecule has 1 unspecified atom stereocenters. The molecule has 0 spiro atoms. The molecule has 3 aromatic rings. The number of hydrogen-bond donors (Lipinski definition) is 1. The average Bonchev–Trinajstić information content (AvgIpc) is 3.00. The monoisotopic (exact) mass is 352 g/mol. The zero-order chi connectivity index (χ0) is 13.4. The molecule has 2 nitrogen and oxygen atoms in total. The SMILES string of the molecule is CCC(c1cccs1)n1c(=S)[nH]c2ccc(Br)cc21. The third-order valence-electron chi connectivity index (χ3n) is 3.25. The summed E-state index contributed by atoms with van der Waals surface area (Å²) in [5.41, 5.74) is 2.24. The van der Waals surface area contributed by atoms with Crippen LogP contribution >= 0.6 is 39.5 Å². The molecule has 2 aromatic heterocycles. The van der Waals surface area contributed by atoms with Gasteiger partial charge in [-0.05, 0) is 48.3 Å². The lowest BCUT2D eigenvalue weighted by Gasteiger charge is -2.16. The molecule has 5 heteroatoms. The number of aromatic nitrogens is 2. The quantitative estimate of drug-likeness (QED) is 0.615. The molecule has 0 saturated heterocycles. The largest absolute Gasteiger partial charge is 0.331 e. The van der Waals surface area contributed by atoms with Crippen LogP contribution in [0.5, 0.6) is 0 Å². The van der Waals surface area contributed by atoms with Gasteiger partial charge in [-0.1, -0.05) is 28.9 Å². The Balaban J connectivity index is 2.26. The molecule has 1 atom stereocenters. The average molecular weight is 353 g/mol. The topological polar surface area (TPSA) is 20.7 Å². The number of H-pyrrole nitrogens is 1. The molecule has 0 aliphatic carbocycles. The van der Waals surface area contributed by atoms with Crippen molar-refractivity contribution in [3.05, 3.63) is 49.8 Å². The fourth-order valence-electron chi connectivity index (χ4n) is 2.40. The lowest BCUT2D eigenvalue weighted by atomic mass is 10.2. The van der Waals surface area contributed by atoms with E-state index >= 15 is 0 Å². The highest BCUT2D eigenvalue weighted by atomic mass is 79.9. The van der Waals surface area contributed by atoms with E-state index in [2.05, 4.69) is 62.1 Å². The molecular formula is C14H13BrN2S2. The molecule has 19 heavy (non-hydrogen) atoms. The third-order valence-corrected chi connectivity index (χ3v) is 5.02. The second kappa shape index (κ2) is 5.23. The zero-order valence-corrected chi connectivity index (χ0v) is 13.6. The maximum absolute atomic E-state index is 5.51. The van der Waals surface area contributed by atoms with Crippen molar-refractivity contribution < 1.29 is 0 Å². The highest BCUT2D eigenvalue weighted by molar-refractivity contribution is 9.10. The van der Waals surface area contributed by atoms with Crippen LogP contribution in [-0.2, 0) is 0 Å². The van der Waals surface area contributed by atoms with Crippen LogP contribution in [0.1, 0.15) is 24.3 Å². The van der Waals surface area contributed by atoms with Crippen LogP contribution in [0.15, 0.2) is 40.2 Å². The molecule has 0 bridgehead atoms. The van der Waals surface area contributed by atoms with E-state index in [1.807, 2.05) is 6.07 Å². The van der Waals surface area contributed by atoms with Crippen molar-refractivity contribution >= 4 is 50.5 Å². The highest BCUT2D eigenvalue weighted by Gasteiger charge is 2.16. The molecule has 1 aromatic carbocycles. The minimum absolute atomic E-state index is 0.301. The molecule has 0 saturated carbocycles. The number of nitrogens with zero attached hydrogens (tertiary/aromatic N) is 1. The molecule has 1 N–H and O–H groups in total. The Bertz CT molecular complexity index is 755. The van der Waals surface area contributed by atoms with Crippen LogP contribution in [0.2, 0.25) is 0 Å². The molecule has 0 amide bonds. The van der Waals surface area contributed by atoms with Crippen LogP contribution in [0.4, 0.5) is 0 Å². The Morgan fingerprint density at radius 2 is 2.26 bits per heavy atom. The number of fused-ring (bicyclic) bond motifs is 1. The summed E-state index contributed by atoms with van der Waals surface area (Å²) in [6, 6.07) is 10.8. The van der Waals surface area contributed by atoms with E-state index in [1.165, 1.54) is 4.88 Å². The first-order chi connectivity index (χ1) is 9.20. The molecule has 0 aliphatic heterocycles. The van der Waals surface area contributed by atoms with E-state index in [9.17, 15) is 0 Å². The normalized spacial score (nSPS) is 12.9. The van der Waals surface area contributed by atoms with Gasteiger partial charge in [-0.3, -0.25) is 0 Å². The fourth-order valence-corrected chi connectivity index (χ4v) is 3.98. The first kappa shape index (κ1) is 13.1. The van der Waals surface area contributed by atoms with Gasteiger partial charge in [0.15, 0.2) is 4.77 Å². The van der Waals surface area contributed by atoms with E-state index in [-0.39, 0.29) is 0 Å². The van der Waals surface area contributed by atoms with Gasteiger partial charge >= 0.3 is 0 Å². The summed E-state index contributed by atoms with van der Waals surface area (Å²) in [5.74, 6) is 0. The summed E-state index contributed by atoms with van der Waals surface area (Å²) in [4.78, 5) is 4.64.